The number of hydrogen-bond acceptors (Lipinski definition) is 9. The van der Waals surface area contributed by atoms with Crippen LogP contribution in [0.1, 0.15) is 52.9 Å². The zero-order chi connectivity index (χ0) is 26.6. The van der Waals surface area contributed by atoms with Crippen molar-refractivity contribution >= 4 is 23.5 Å². The van der Waals surface area contributed by atoms with E-state index in [9.17, 15) is 29.4 Å². The molecule has 37 heavy (non-hydrogen) atoms. The first-order valence-electron chi connectivity index (χ1n) is 13.0. The summed E-state index contributed by atoms with van der Waals surface area (Å²) in [7, 11) is 0. The summed E-state index contributed by atoms with van der Waals surface area (Å²) in [6.07, 6.45) is 5.17. The van der Waals surface area contributed by atoms with Crippen LogP contribution in [-0.4, -0.2) is 62.4 Å². The molecule has 3 aliphatic carbocycles. The van der Waals surface area contributed by atoms with Gasteiger partial charge in [-0.05, 0) is 51.0 Å². The van der Waals surface area contributed by atoms with Crippen molar-refractivity contribution in [1.29, 1.82) is 0 Å². The molecule has 4 bridgehead atoms. The molecule has 9 heteroatoms. The maximum absolute atomic E-state index is 14.5. The van der Waals surface area contributed by atoms with Crippen LogP contribution < -0.4 is 0 Å². The molecule has 1 saturated carbocycles. The Kier molecular flexibility index (Phi) is 4.02. The third kappa shape index (κ3) is 2.12. The van der Waals surface area contributed by atoms with Crippen LogP contribution in [0.3, 0.4) is 0 Å². The van der Waals surface area contributed by atoms with Crippen molar-refractivity contribution in [2.75, 3.05) is 0 Å². The Morgan fingerprint density at radius 3 is 2.54 bits per heavy atom. The molecule has 0 aromatic carbocycles. The van der Waals surface area contributed by atoms with E-state index in [4.69, 9.17) is 14.2 Å². The second kappa shape index (κ2) is 6.33. The first kappa shape index (κ1) is 23.5. The second-order valence-electron chi connectivity index (χ2n) is 12.6. The van der Waals surface area contributed by atoms with Crippen LogP contribution in [0.25, 0.3) is 0 Å². The fourth-order valence-electron chi connectivity index (χ4n) is 9.19. The lowest BCUT2D eigenvalue weighted by Gasteiger charge is -2.60. The molecule has 7 aliphatic rings. The van der Waals surface area contributed by atoms with Crippen LogP contribution in [0.15, 0.2) is 36.0 Å². The number of carbonyl (C=O) groups excluding carboxylic acids is 4. The number of allylic oxidation sites excluding steroid dienone is 4. The summed E-state index contributed by atoms with van der Waals surface area (Å²) in [5, 5.41) is 24.6. The number of aliphatic hydroxyl groups is 2. The van der Waals surface area contributed by atoms with E-state index in [1.165, 1.54) is 6.92 Å². The molecule has 4 saturated heterocycles. The minimum atomic E-state index is -2.44. The lowest BCUT2D eigenvalue weighted by molar-refractivity contribution is -0.339. The highest BCUT2D eigenvalue weighted by Gasteiger charge is 2.91. The first-order valence-corrected chi connectivity index (χ1v) is 13.0. The Morgan fingerprint density at radius 2 is 1.81 bits per heavy atom. The van der Waals surface area contributed by atoms with E-state index in [0.29, 0.717) is 0 Å². The Morgan fingerprint density at radius 1 is 1.08 bits per heavy atom. The van der Waals surface area contributed by atoms with Crippen LogP contribution in [0.5, 0.6) is 0 Å². The van der Waals surface area contributed by atoms with Crippen molar-refractivity contribution in [2.24, 2.45) is 28.6 Å². The molecule has 196 valence electrons. The fraction of sp³-hybridized carbons (Fsp3) is 0.643. The number of carbonyl (C=O) groups is 4. The molecular weight excluding hydrogens is 480 g/mol. The van der Waals surface area contributed by atoms with Gasteiger partial charge in [0.05, 0.1) is 11.3 Å². The summed E-state index contributed by atoms with van der Waals surface area (Å²) in [6.45, 7) is 8.91. The van der Waals surface area contributed by atoms with E-state index in [2.05, 4.69) is 6.58 Å². The molecule has 0 amide bonds. The molecule has 2 N–H and O–H groups in total. The van der Waals surface area contributed by atoms with E-state index < -0.39 is 75.0 Å². The monoisotopic (exact) mass is 510 g/mol. The predicted octanol–water partition coefficient (Wildman–Crippen LogP) is 1.46. The summed E-state index contributed by atoms with van der Waals surface area (Å²) in [5.41, 5.74) is -7.53. The van der Waals surface area contributed by atoms with Gasteiger partial charge in [-0.2, -0.15) is 0 Å². The molecule has 0 radical (unpaired) electrons. The average Bonchev–Trinajstić information content (AvgIpc) is 3.19. The normalized spacial score (nSPS) is 55.4. The van der Waals surface area contributed by atoms with Gasteiger partial charge in [0, 0.05) is 23.3 Å². The van der Waals surface area contributed by atoms with Crippen molar-refractivity contribution in [2.45, 2.75) is 81.6 Å². The number of esters is 2. The van der Waals surface area contributed by atoms with E-state index in [1.54, 1.807) is 19.9 Å². The summed E-state index contributed by atoms with van der Waals surface area (Å²) >= 11 is 0. The zero-order valence-electron chi connectivity index (χ0n) is 21.0. The van der Waals surface area contributed by atoms with Gasteiger partial charge < -0.3 is 24.4 Å². The van der Waals surface area contributed by atoms with E-state index in [-0.39, 0.29) is 43.5 Å². The van der Waals surface area contributed by atoms with Crippen LogP contribution in [0.2, 0.25) is 0 Å². The van der Waals surface area contributed by atoms with Gasteiger partial charge in [0.2, 0.25) is 5.79 Å². The summed E-state index contributed by atoms with van der Waals surface area (Å²) in [5.74, 6) is -7.62. The summed E-state index contributed by atoms with van der Waals surface area (Å²) in [6, 6.07) is 0. The second-order valence-corrected chi connectivity index (χ2v) is 12.6. The van der Waals surface area contributed by atoms with Gasteiger partial charge in [-0.1, -0.05) is 31.7 Å². The van der Waals surface area contributed by atoms with Gasteiger partial charge in [0.15, 0.2) is 22.6 Å². The molecule has 0 aromatic heterocycles. The lowest BCUT2D eigenvalue weighted by Crippen LogP contribution is -2.77. The van der Waals surface area contributed by atoms with Crippen LogP contribution in [-0.2, 0) is 33.4 Å². The van der Waals surface area contributed by atoms with Crippen molar-refractivity contribution in [3.8, 4) is 0 Å². The SMILES string of the molecule is C=C1C(=O)O[C@@H]2C[C@@]1(C)C1C(=O)[C@]3(O)O[C@@]14[C@@](O)(CCC1C3CC=C3C=CCC(=O)[C@@]31C)C(=O)O[C@@]24C. The highest BCUT2D eigenvalue weighted by molar-refractivity contribution is 6.01. The van der Waals surface area contributed by atoms with E-state index >= 15 is 0 Å². The molecule has 4 heterocycles. The lowest BCUT2D eigenvalue weighted by atomic mass is 9.47. The maximum atomic E-state index is 14.5. The van der Waals surface area contributed by atoms with E-state index in [1.807, 2.05) is 12.2 Å². The largest absolute Gasteiger partial charge is 0.455 e. The highest BCUT2D eigenvalue weighted by Crippen LogP contribution is 2.73. The van der Waals surface area contributed by atoms with Crippen molar-refractivity contribution < 1.29 is 43.6 Å². The summed E-state index contributed by atoms with van der Waals surface area (Å²) in [4.78, 5) is 54.4. The van der Waals surface area contributed by atoms with Gasteiger partial charge in [-0.15, -0.1) is 0 Å². The van der Waals surface area contributed by atoms with Crippen LogP contribution in [0, 0.1) is 28.6 Å². The number of hydrogen-bond donors (Lipinski definition) is 2. The number of Topliss-reactive ketones (excluding diaryl/α,β-unsaturated/α-hetero) is 2. The number of ketones is 2. The fourth-order valence-corrected chi connectivity index (χ4v) is 9.19. The maximum Gasteiger partial charge on any atom is 0.342 e. The number of fused-ring (bicyclic) bond motifs is 9. The molecule has 5 fully saturated rings. The van der Waals surface area contributed by atoms with Gasteiger partial charge >= 0.3 is 11.9 Å². The average molecular weight is 511 g/mol. The minimum absolute atomic E-state index is 0.0271. The highest BCUT2D eigenvalue weighted by atomic mass is 16.7. The Hall–Kier alpha value is -2.62. The van der Waals surface area contributed by atoms with Gasteiger partial charge in [-0.25, -0.2) is 9.59 Å². The summed E-state index contributed by atoms with van der Waals surface area (Å²) < 4.78 is 18.0. The smallest absolute Gasteiger partial charge is 0.342 e. The van der Waals surface area contributed by atoms with Gasteiger partial charge in [-0.3, -0.25) is 9.59 Å². The first-order chi connectivity index (χ1) is 17.2. The van der Waals surface area contributed by atoms with Gasteiger partial charge in [0.1, 0.15) is 11.9 Å². The quantitative estimate of drug-likeness (QED) is 0.367. The predicted molar refractivity (Wildman–Crippen MR) is 124 cm³/mol. The van der Waals surface area contributed by atoms with Crippen LogP contribution in [0.4, 0.5) is 0 Å². The Bertz CT molecular complexity index is 1310. The van der Waals surface area contributed by atoms with E-state index in [0.717, 1.165) is 5.57 Å². The molecular formula is C28H30O9. The number of rotatable bonds is 0. The molecule has 0 aromatic rings. The minimum Gasteiger partial charge on any atom is -0.455 e. The Balaban J connectivity index is 1.51. The zero-order valence-corrected chi connectivity index (χ0v) is 21.0. The van der Waals surface area contributed by atoms with Crippen molar-refractivity contribution in [1.82, 2.24) is 0 Å². The molecule has 9 nitrogen and oxygen atoms in total. The molecule has 3 unspecified atom stereocenters. The molecule has 4 aliphatic heterocycles. The van der Waals surface area contributed by atoms with Gasteiger partial charge in [0.25, 0.3) is 0 Å². The molecule has 1 spiro atoms. The molecule has 10 atom stereocenters. The van der Waals surface area contributed by atoms with Crippen molar-refractivity contribution in [3.63, 3.8) is 0 Å². The Labute approximate surface area is 213 Å². The van der Waals surface area contributed by atoms with Crippen molar-refractivity contribution in [3.05, 3.63) is 36.0 Å². The van der Waals surface area contributed by atoms with Crippen LogP contribution >= 0.6 is 0 Å². The number of ether oxygens (including phenoxy) is 3. The molecule has 7 rings (SSSR count). The third-order valence-electron chi connectivity index (χ3n) is 11.3. The standard InChI is InChI=1S/C28H30O9/c1-13-21(31)35-18-12-23(13,2)19-20(30)27(34)16-9-8-14-6-5-7-17(29)24(14,3)15(16)10-11-26(33)22(32)36-25(18,4)28(19,26)37-27/h5-6,8,15-16,18-19,33-34H,1,7,9-12H2,2-4H3/t15?,16?,18-,19?,23-,24+,25+,26-,27-,28+/m1/s1. The topological polar surface area (TPSA) is 136 Å². The third-order valence-corrected chi connectivity index (χ3v) is 11.3.